The van der Waals surface area contributed by atoms with E-state index < -0.39 is 34.1 Å². The van der Waals surface area contributed by atoms with Crippen LogP contribution < -0.4 is 15.3 Å². The second-order valence-electron chi connectivity index (χ2n) is 17.7. The summed E-state index contributed by atoms with van der Waals surface area (Å²) in [6.45, 7) is 4.42. The Morgan fingerprint density at radius 2 is 1.58 bits per heavy atom. The molecule has 4 amide bonds. The van der Waals surface area contributed by atoms with E-state index in [4.69, 9.17) is 14.5 Å². The number of carbonyl (C=O) groups is 4. The molecule has 0 unspecified atom stereocenters. The van der Waals surface area contributed by atoms with E-state index in [9.17, 15) is 27.6 Å². The van der Waals surface area contributed by atoms with Gasteiger partial charge in [0.1, 0.15) is 33.4 Å². The first-order chi connectivity index (χ1) is 30.7. The zero-order valence-corrected chi connectivity index (χ0v) is 38.1. The minimum Gasteiger partial charge on any atom is -0.453 e. The van der Waals surface area contributed by atoms with Gasteiger partial charge in [0.15, 0.2) is 6.20 Å². The summed E-state index contributed by atoms with van der Waals surface area (Å²) in [5.41, 5.74) is 5.65. The number of aromatic nitrogens is 4. The van der Waals surface area contributed by atoms with Crippen molar-refractivity contribution in [3.8, 4) is 22.4 Å². The highest BCUT2D eigenvalue weighted by molar-refractivity contribution is 7.90. The molecule has 0 spiro atoms. The zero-order chi connectivity index (χ0) is 45.0. The Hall–Kier alpha value is -6.01. The van der Waals surface area contributed by atoms with Crippen LogP contribution in [-0.4, -0.2) is 108 Å². The fraction of sp³-hybridized carbons (Fsp3) is 0.435. The van der Waals surface area contributed by atoms with E-state index in [1.807, 2.05) is 46.7 Å². The number of rotatable bonds is 12. The SMILES string of the molecule is COC(=O)N[C@@H](CCS(C)(=O)=O)C(=O)N1[C@@H]2CC[C@@H](C2)[C@H]1c1nc2ccc(-c3ccc4c(c3)sc3cc(-c5cc[n+]([C@@H]6CCCN6C(=O)[C@@H](NC(=O)OC)C(C)C)[nH]5)ccc34)cc2[nH]1. The van der Waals surface area contributed by atoms with Crippen LogP contribution in [0.1, 0.15) is 70.4 Å². The van der Waals surface area contributed by atoms with E-state index in [1.165, 1.54) is 25.0 Å². The fourth-order valence-electron chi connectivity index (χ4n) is 9.98. The van der Waals surface area contributed by atoms with Gasteiger partial charge in [-0.3, -0.25) is 14.5 Å². The molecule has 5 heterocycles. The van der Waals surface area contributed by atoms with Crippen molar-refractivity contribution >= 4 is 76.4 Å². The molecule has 18 heteroatoms. The molecule has 3 aliphatic rings. The van der Waals surface area contributed by atoms with Gasteiger partial charge in [-0.05, 0) is 79.3 Å². The number of carbonyl (C=O) groups excluding carboxylic acids is 4. The standard InChI is InChI=1S/C46H52N8O8S2/c1-25(2)40(50-46(58)62-4)44(56)52-18-6-7-39(52)53-19-16-33(51-53)28-10-14-32-31-13-9-27(23-37(31)63-38(32)24-28)26-11-15-34-36(22-26)48-42(47-34)41-29-8-12-30(21-29)54(41)43(55)35(49-45(57)61-3)17-20-64(5,59)60/h9-11,13-16,19,22-25,29-30,35,39-41H,6-8,12,17-18,20-21H2,1-5H3,(H3,47,48,49,50,51,57,58)/p+1/t29-,30+,35-,39+,40-,41-/m0/s1. The molecule has 1 saturated carbocycles. The average Bonchev–Trinajstić information content (AvgIpc) is 4.14. The fourth-order valence-corrected chi connectivity index (χ4v) is 11.8. The number of fused-ring (bicyclic) bond motifs is 6. The highest BCUT2D eigenvalue weighted by atomic mass is 32.2. The number of H-pyrrole nitrogens is 2. The maximum atomic E-state index is 14.1. The minimum absolute atomic E-state index is 0.0308. The summed E-state index contributed by atoms with van der Waals surface area (Å²) >= 11 is 1.73. The number of ether oxygens (including phenoxy) is 2. The molecule has 2 saturated heterocycles. The summed E-state index contributed by atoms with van der Waals surface area (Å²) in [7, 11) is -0.880. The lowest BCUT2D eigenvalue weighted by atomic mass is 9.97. The third-order valence-corrected chi connectivity index (χ3v) is 15.3. The van der Waals surface area contributed by atoms with E-state index >= 15 is 0 Å². The van der Waals surface area contributed by atoms with E-state index in [0.717, 1.165) is 81.2 Å². The van der Waals surface area contributed by atoms with Crippen LogP contribution in [0, 0.1) is 11.8 Å². The van der Waals surface area contributed by atoms with Gasteiger partial charge in [0.25, 0.3) is 12.1 Å². The summed E-state index contributed by atoms with van der Waals surface area (Å²) in [6.07, 6.45) is 5.66. The number of sulfone groups is 1. The van der Waals surface area contributed by atoms with Gasteiger partial charge in [0.05, 0.1) is 37.0 Å². The van der Waals surface area contributed by atoms with Crippen molar-refractivity contribution in [1.29, 1.82) is 0 Å². The molecule has 3 fully saturated rings. The van der Waals surface area contributed by atoms with Crippen LogP contribution in [-0.2, 0) is 28.9 Å². The van der Waals surface area contributed by atoms with Crippen LogP contribution in [0.25, 0.3) is 53.6 Å². The second-order valence-corrected chi connectivity index (χ2v) is 21.0. The number of likely N-dealkylation sites (tertiary alicyclic amines) is 2. The average molecular weight is 910 g/mol. The van der Waals surface area contributed by atoms with Gasteiger partial charge >= 0.3 is 12.2 Å². The third-order valence-electron chi connectivity index (χ3n) is 13.2. The van der Waals surface area contributed by atoms with Gasteiger partial charge in [0, 0.05) is 57.1 Å². The molecule has 336 valence electrons. The maximum Gasteiger partial charge on any atom is 0.407 e. The Bertz CT molecular complexity index is 2910. The van der Waals surface area contributed by atoms with Crippen LogP contribution in [0.5, 0.6) is 0 Å². The normalized spacial score (nSPS) is 20.7. The molecule has 2 aliphatic heterocycles. The van der Waals surface area contributed by atoms with Crippen molar-refractivity contribution in [1.82, 2.24) is 35.5 Å². The van der Waals surface area contributed by atoms with Gasteiger partial charge in [0.2, 0.25) is 5.91 Å². The largest absolute Gasteiger partial charge is 0.453 e. The Morgan fingerprint density at radius 3 is 2.30 bits per heavy atom. The van der Waals surface area contributed by atoms with Crippen molar-refractivity contribution in [2.45, 2.75) is 82.7 Å². The molecular formula is C46H53N8O8S2+. The van der Waals surface area contributed by atoms with Crippen molar-refractivity contribution in [2.24, 2.45) is 11.8 Å². The molecule has 16 nitrogen and oxygen atoms in total. The second kappa shape index (κ2) is 17.2. The number of hydrogen-bond donors (Lipinski definition) is 4. The number of nitrogens with one attached hydrogen (secondary N) is 4. The first-order valence-corrected chi connectivity index (χ1v) is 24.6. The molecule has 2 bridgehead atoms. The van der Waals surface area contributed by atoms with Gasteiger partial charge in [-0.1, -0.05) is 48.9 Å². The number of imidazole rings is 1. The third kappa shape index (κ3) is 8.28. The molecule has 1 aliphatic carbocycles. The first-order valence-electron chi connectivity index (χ1n) is 21.8. The molecule has 64 heavy (non-hydrogen) atoms. The monoisotopic (exact) mass is 909 g/mol. The Balaban J connectivity index is 0.945. The lowest BCUT2D eigenvalue weighted by molar-refractivity contribution is -0.786. The number of nitrogens with zero attached hydrogens (tertiary/aromatic N) is 4. The number of benzene rings is 3. The Morgan fingerprint density at radius 1 is 0.891 bits per heavy atom. The highest BCUT2D eigenvalue weighted by Gasteiger charge is 2.51. The van der Waals surface area contributed by atoms with E-state index in [-0.39, 0.29) is 54.1 Å². The van der Waals surface area contributed by atoms with Gasteiger partial charge in [-0.25, -0.2) is 23.0 Å². The van der Waals surface area contributed by atoms with Gasteiger partial charge in [-0.15, -0.1) is 11.3 Å². The summed E-state index contributed by atoms with van der Waals surface area (Å²) in [5.74, 6) is 0.0459. The molecule has 6 atom stereocenters. The molecule has 4 N–H and O–H groups in total. The van der Waals surface area contributed by atoms with E-state index in [0.29, 0.717) is 12.4 Å². The molecule has 0 radical (unpaired) electrons. The number of methoxy groups -OCH3 is 2. The number of piperidine rings is 1. The number of alkyl carbamates (subject to hydrolysis) is 2. The topological polar surface area (TPSA) is 200 Å². The Labute approximate surface area is 374 Å². The smallest absolute Gasteiger partial charge is 0.407 e. The first kappa shape index (κ1) is 43.3. The summed E-state index contributed by atoms with van der Waals surface area (Å²) in [6, 6.07) is 19.1. The molecule has 3 aromatic carbocycles. The van der Waals surface area contributed by atoms with Crippen LogP contribution in [0.4, 0.5) is 9.59 Å². The number of hydrogen-bond acceptors (Lipinski definition) is 10. The molecule has 9 rings (SSSR count). The Kier molecular flexibility index (Phi) is 11.6. The van der Waals surface area contributed by atoms with E-state index in [1.54, 1.807) is 11.3 Å². The lowest BCUT2D eigenvalue weighted by Crippen LogP contribution is -2.56. The van der Waals surface area contributed by atoms with Crippen LogP contribution in [0.2, 0.25) is 0 Å². The number of amides is 4. The number of thiophene rings is 1. The van der Waals surface area contributed by atoms with Crippen LogP contribution in [0.3, 0.4) is 0 Å². The molecule has 6 aromatic rings. The van der Waals surface area contributed by atoms with Crippen molar-refractivity contribution in [3.63, 3.8) is 0 Å². The number of aromatic amines is 2. The van der Waals surface area contributed by atoms with Gasteiger partial charge in [-0.2, -0.15) is 5.10 Å². The lowest BCUT2D eigenvalue weighted by Gasteiger charge is -2.36. The van der Waals surface area contributed by atoms with Crippen LogP contribution >= 0.6 is 11.3 Å². The predicted octanol–water partition coefficient (Wildman–Crippen LogP) is 6.59. The van der Waals surface area contributed by atoms with Crippen LogP contribution in [0.15, 0.2) is 66.9 Å². The van der Waals surface area contributed by atoms with Gasteiger partial charge < -0.3 is 30.0 Å². The van der Waals surface area contributed by atoms with Crippen molar-refractivity contribution in [2.75, 3.05) is 32.8 Å². The molecule has 3 aromatic heterocycles. The summed E-state index contributed by atoms with van der Waals surface area (Å²) in [5, 5.41) is 11.2. The van der Waals surface area contributed by atoms with E-state index in [2.05, 4.69) is 69.2 Å². The molecular weight excluding hydrogens is 857 g/mol. The maximum absolute atomic E-state index is 14.1. The zero-order valence-electron chi connectivity index (χ0n) is 36.4. The van der Waals surface area contributed by atoms with Crippen molar-refractivity contribution in [3.05, 3.63) is 72.7 Å². The summed E-state index contributed by atoms with van der Waals surface area (Å²) in [4.78, 5) is 64.3. The highest BCUT2D eigenvalue weighted by Crippen LogP contribution is 2.50. The summed E-state index contributed by atoms with van der Waals surface area (Å²) < 4.78 is 38.0. The minimum atomic E-state index is -3.38. The quantitative estimate of drug-likeness (QED) is 0.0978. The predicted molar refractivity (Wildman–Crippen MR) is 243 cm³/mol. The van der Waals surface area contributed by atoms with Crippen molar-refractivity contribution < 1.29 is 41.8 Å².